The summed E-state index contributed by atoms with van der Waals surface area (Å²) in [7, 11) is 0. The lowest BCUT2D eigenvalue weighted by Crippen LogP contribution is -2.22. The number of pyridine rings is 1. The van der Waals surface area contributed by atoms with Gasteiger partial charge in [0.25, 0.3) is 5.56 Å². The average molecular weight is 322 g/mol. The van der Waals surface area contributed by atoms with Crippen LogP contribution in [0.3, 0.4) is 0 Å². The quantitative estimate of drug-likeness (QED) is 0.534. The number of fused-ring (bicyclic) bond motifs is 3. The molecular weight excluding hydrogens is 304 g/mol. The van der Waals surface area contributed by atoms with E-state index < -0.39 is 0 Å². The molecule has 0 saturated heterocycles. The van der Waals surface area contributed by atoms with E-state index in [1.54, 1.807) is 10.8 Å². The Labute approximate surface area is 137 Å². The molecule has 0 atom stereocenters. The van der Waals surface area contributed by atoms with Crippen LogP contribution in [0, 0.1) is 6.92 Å². The highest BCUT2D eigenvalue weighted by Gasteiger charge is 2.16. The first-order chi connectivity index (χ1) is 11.7. The molecule has 3 heterocycles. The number of hydrogen-bond acceptors (Lipinski definition) is 4. The van der Waals surface area contributed by atoms with Gasteiger partial charge in [-0.15, -0.1) is 0 Å². The highest BCUT2D eigenvalue weighted by Crippen LogP contribution is 2.27. The van der Waals surface area contributed by atoms with Gasteiger partial charge in [0.05, 0.1) is 16.6 Å². The van der Waals surface area contributed by atoms with Crippen LogP contribution < -0.4 is 11.3 Å². The van der Waals surface area contributed by atoms with Crippen LogP contribution in [0.2, 0.25) is 0 Å². The topological polar surface area (TPSA) is 105 Å². The van der Waals surface area contributed by atoms with Crippen LogP contribution in [-0.2, 0) is 6.54 Å². The number of benzene rings is 1. The second-order valence-electron chi connectivity index (χ2n) is 5.87. The van der Waals surface area contributed by atoms with Crippen LogP contribution in [0.15, 0.2) is 35.3 Å². The third kappa shape index (κ3) is 2.13. The fourth-order valence-corrected chi connectivity index (χ4v) is 3.15. The van der Waals surface area contributed by atoms with Gasteiger partial charge in [0.15, 0.2) is 0 Å². The summed E-state index contributed by atoms with van der Waals surface area (Å²) in [5, 5.41) is 15.9. The summed E-state index contributed by atoms with van der Waals surface area (Å²) < 4.78 is 1.80. The predicted molar refractivity (Wildman–Crippen MR) is 93.8 cm³/mol. The van der Waals surface area contributed by atoms with Crippen molar-refractivity contribution >= 4 is 21.8 Å². The number of rotatable bonds is 4. The van der Waals surface area contributed by atoms with Gasteiger partial charge in [0.1, 0.15) is 5.52 Å². The van der Waals surface area contributed by atoms with Gasteiger partial charge < -0.3 is 10.3 Å². The molecule has 4 rings (SSSR count). The standard InChI is InChI=1S/C17H18N6O/c1-10-15-16(22-20-10)12-9-11(13-5-7-19-21-13)3-4-14(12)23(17(15)24)8-2-6-18/h3-5,7,9H,2,6,8,18H2,1H3,(H,19,21)(H,20,22). The predicted octanol–water partition coefficient (Wildman–Crippen LogP) is 1.93. The third-order valence-electron chi connectivity index (χ3n) is 4.35. The number of aromatic amines is 2. The molecule has 0 aliphatic rings. The lowest BCUT2D eigenvalue weighted by atomic mass is 10.1. The molecule has 4 N–H and O–H groups in total. The molecule has 122 valence electrons. The Morgan fingerprint density at radius 2 is 2.12 bits per heavy atom. The Morgan fingerprint density at radius 3 is 2.88 bits per heavy atom. The van der Waals surface area contributed by atoms with Crippen molar-refractivity contribution in [2.45, 2.75) is 19.9 Å². The van der Waals surface area contributed by atoms with E-state index in [1.807, 2.05) is 31.2 Å². The van der Waals surface area contributed by atoms with E-state index in [-0.39, 0.29) is 5.56 Å². The zero-order chi connectivity index (χ0) is 16.7. The Balaban J connectivity index is 2.08. The van der Waals surface area contributed by atoms with E-state index in [4.69, 9.17) is 5.73 Å². The van der Waals surface area contributed by atoms with Gasteiger partial charge in [-0.3, -0.25) is 15.0 Å². The molecule has 0 saturated carbocycles. The summed E-state index contributed by atoms with van der Waals surface area (Å²) in [6.45, 7) is 3.01. The van der Waals surface area contributed by atoms with Gasteiger partial charge in [0, 0.05) is 29.4 Å². The van der Waals surface area contributed by atoms with Crippen LogP contribution >= 0.6 is 0 Å². The first-order valence-corrected chi connectivity index (χ1v) is 7.91. The number of aromatic nitrogens is 5. The maximum absolute atomic E-state index is 12.9. The Kier molecular flexibility index (Phi) is 3.42. The van der Waals surface area contributed by atoms with E-state index in [0.29, 0.717) is 24.0 Å². The van der Waals surface area contributed by atoms with Crippen molar-refractivity contribution in [1.82, 2.24) is 25.0 Å². The minimum Gasteiger partial charge on any atom is -0.330 e. The molecule has 0 aliphatic heterocycles. The van der Waals surface area contributed by atoms with Crippen molar-refractivity contribution in [3.8, 4) is 11.3 Å². The molecule has 0 unspecified atom stereocenters. The Hall–Kier alpha value is -2.93. The van der Waals surface area contributed by atoms with Crippen LogP contribution in [0.1, 0.15) is 12.1 Å². The normalized spacial score (nSPS) is 11.6. The molecule has 24 heavy (non-hydrogen) atoms. The molecule has 7 nitrogen and oxygen atoms in total. The summed E-state index contributed by atoms with van der Waals surface area (Å²) in [4.78, 5) is 12.9. The van der Waals surface area contributed by atoms with E-state index in [2.05, 4.69) is 20.4 Å². The summed E-state index contributed by atoms with van der Waals surface area (Å²) in [5.74, 6) is 0. The van der Waals surface area contributed by atoms with E-state index in [0.717, 1.165) is 34.3 Å². The number of hydrogen-bond donors (Lipinski definition) is 3. The molecule has 7 heteroatoms. The van der Waals surface area contributed by atoms with E-state index in [1.165, 1.54) is 0 Å². The summed E-state index contributed by atoms with van der Waals surface area (Å²) in [5.41, 5.74) is 9.91. The molecule has 0 bridgehead atoms. The van der Waals surface area contributed by atoms with Crippen LogP contribution in [0.5, 0.6) is 0 Å². The van der Waals surface area contributed by atoms with Gasteiger partial charge in [0.2, 0.25) is 0 Å². The molecule has 4 aromatic rings. The van der Waals surface area contributed by atoms with Gasteiger partial charge in [-0.2, -0.15) is 10.2 Å². The SMILES string of the molecule is Cc1[nH]nc2c1c(=O)n(CCCN)c1ccc(-c3ccn[nH]3)cc21. The van der Waals surface area contributed by atoms with Crippen molar-refractivity contribution in [2.24, 2.45) is 5.73 Å². The lowest BCUT2D eigenvalue weighted by Gasteiger charge is -2.12. The monoisotopic (exact) mass is 322 g/mol. The fourth-order valence-electron chi connectivity index (χ4n) is 3.15. The smallest absolute Gasteiger partial charge is 0.262 e. The van der Waals surface area contributed by atoms with Gasteiger partial charge in [-0.25, -0.2) is 0 Å². The summed E-state index contributed by atoms with van der Waals surface area (Å²) in [6, 6.07) is 7.91. The number of nitrogens with two attached hydrogens (primary N) is 1. The van der Waals surface area contributed by atoms with E-state index in [9.17, 15) is 4.79 Å². The van der Waals surface area contributed by atoms with Crippen LogP contribution in [0.4, 0.5) is 0 Å². The molecule has 0 radical (unpaired) electrons. The van der Waals surface area contributed by atoms with Crippen molar-refractivity contribution in [3.63, 3.8) is 0 Å². The molecule has 0 aliphatic carbocycles. The van der Waals surface area contributed by atoms with E-state index >= 15 is 0 Å². The van der Waals surface area contributed by atoms with Crippen molar-refractivity contribution < 1.29 is 0 Å². The average Bonchev–Trinajstić information content (AvgIpc) is 3.24. The summed E-state index contributed by atoms with van der Waals surface area (Å²) >= 11 is 0. The molecule has 0 fully saturated rings. The number of H-pyrrole nitrogens is 2. The van der Waals surface area contributed by atoms with Crippen molar-refractivity contribution in [3.05, 3.63) is 46.5 Å². The zero-order valence-corrected chi connectivity index (χ0v) is 13.3. The zero-order valence-electron chi connectivity index (χ0n) is 13.3. The highest BCUT2D eigenvalue weighted by molar-refractivity contribution is 6.05. The van der Waals surface area contributed by atoms with Crippen LogP contribution in [0.25, 0.3) is 33.1 Å². The molecular formula is C17H18N6O. The largest absolute Gasteiger partial charge is 0.330 e. The molecule has 0 spiro atoms. The summed E-state index contributed by atoms with van der Waals surface area (Å²) in [6.07, 6.45) is 2.47. The van der Waals surface area contributed by atoms with Gasteiger partial charge in [-0.1, -0.05) is 6.07 Å². The second-order valence-corrected chi connectivity index (χ2v) is 5.87. The highest BCUT2D eigenvalue weighted by atomic mass is 16.1. The lowest BCUT2D eigenvalue weighted by molar-refractivity contribution is 0.654. The maximum Gasteiger partial charge on any atom is 0.262 e. The number of nitrogens with one attached hydrogen (secondary N) is 2. The fraction of sp³-hybridized carbons (Fsp3) is 0.235. The third-order valence-corrected chi connectivity index (χ3v) is 4.35. The van der Waals surface area contributed by atoms with Crippen molar-refractivity contribution in [2.75, 3.05) is 6.54 Å². The van der Waals surface area contributed by atoms with Crippen LogP contribution in [-0.4, -0.2) is 31.5 Å². The number of aryl methyl sites for hydroxylation is 2. The first kappa shape index (κ1) is 14.6. The molecule has 0 amide bonds. The van der Waals surface area contributed by atoms with Gasteiger partial charge >= 0.3 is 0 Å². The van der Waals surface area contributed by atoms with Crippen molar-refractivity contribution in [1.29, 1.82) is 0 Å². The Morgan fingerprint density at radius 1 is 1.25 bits per heavy atom. The number of nitrogens with zero attached hydrogens (tertiary/aromatic N) is 3. The maximum atomic E-state index is 12.9. The minimum atomic E-state index is -0.0218. The Bertz CT molecular complexity index is 1070. The second kappa shape index (κ2) is 5.61. The van der Waals surface area contributed by atoms with Gasteiger partial charge in [-0.05, 0) is 38.1 Å². The first-order valence-electron chi connectivity index (χ1n) is 7.91. The molecule has 1 aromatic carbocycles. The molecule has 3 aromatic heterocycles. The minimum absolute atomic E-state index is 0.0218.